The summed E-state index contributed by atoms with van der Waals surface area (Å²) in [5.74, 6) is 1.82. The number of benzene rings is 2. The number of hydrogen-bond acceptors (Lipinski definition) is 2. The third-order valence-electron chi connectivity index (χ3n) is 3.45. The molecule has 0 aliphatic heterocycles. The molecule has 3 heteroatoms. The SMILES string of the molecule is CCc1cccc(Oc2cc(CCl)c3ccccc3n2)c1. The highest BCUT2D eigenvalue weighted by Crippen LogP contribution is 2.27. The van der Waals surface area contributed by atoms with Gasteiger partial charge in [0.25, 0.3) is 0 Å². The largest absolute Gasteiger partial charge is 0.439 e. The number of hydrogen-bond donors (Lipinski definition) is 0. The summed E-state index contributed by atoms with van der Waals surface area (Å²) in [7, 11) is 0. The van der Waals surface area contributed by atoms with Crippen molar-refractivity contribution in [3.63, 3.8) is 0 Å². The van der Waals surface area contributed by atoms with Gasteiger partial charge in [0.05, 0.1) is 5.52 Å². The van der Waals surface area contributed by atoms with Gasteiger partial charge in [0.2, 0.25) is 5.88 Å². The topological polar surface area (TPSA) is 22.1 Å². The molecule has 0 amide bonds. The van der Waals surface area contributed by atoms with Gasteiger partial charge in [-0.05, 0) is 35.7 Å². The molecule has 0 bridgehead atoms. The van der Waals surface area contributed by atoms with Gasteiger partial charge < -0.3 is 4.74 Å². The molecular formula is C18H16ClNO. The Morgan fingerprint density at radius 2 is 1.90 bits per heavy atom. The number of ether oxygens (including phenoxy) is 1. The maximum absolute atomic E-state index is 6.05. The van der Waals surface area contributed by atoms with E-state index in [-0.39, 0.29) is 0 Å². The number of para-hydroxylation sites is 1. The first kappa shape index (κ1) is 13.9. The van der Waals surface area contributed by atoms with E-state index in [0.29, 0.717) is 11.8 Å². The van der Waals surface area contributed by atoms with E-state index in [9.17, 15) is 0 Å². The Bertz CT molecular complexity index is 770. The summed E-state index contributed by atoms with van der Waals surface area (Å²) >= 11 is 6.05. The van der Waals surface area contributed by atoms with Crippen LogP contribution in [-0.4, -0.2) is 4.98 Å². The van der Waals surface area contributed by atoms with Gasteiger partial charge in [-0.2, -0.15) is 0 Å². The van der Waals surface area contributed by atoms with Crippen LogP contribution in [0.5, 0.6) is 11.6 Å². The molecular weight excluding hydrogens is 282 g/mol. The molecule has 21 heavy (non-hydrogen) atoms. The molecule has 0 saturated carbocycles. The predicted molar refractivity (Wildman–Crippen MR) is 87.2 cm³/mol. The summed E-state index contributed by atoms with van der Waals surface area (Å²) in [6.45, 7) is 2.12. The van der Waals surface area contributed by atoms with Crippen LogP contribution in [0.2, 0.25) is 0 Å². The number of pyridine rings is 1. The Morgan fingerprint density at radius 1 is 1.05 bits per heavy atom. The lowest BCUT2D eigenvalue weighted by Crippen LogP contribution is -1.93. The molecule has 1 aromatic heterocycles. The minimum Gasteiger partial charge on any atom is -0.439 e. The van der Waals surface area contributed by atoms with Gasteiger partial charge in [0.15, 0.2) is 0 Å². The summed E-state index contributed by atoms with van der Waals surface area (Å²) in [6.07, 6.45) is 0.981. The standard InChI is InChI=1S/C18H16ClNO/c1-2-13-6-5-7-15(10-13)21-18-11-14(12-19)16-8-3-4-9-17(16)20-18/h3-11H,2,12H2,1H3. The molecule has 0 unspecified atom stereocenters. The fraction of sp³-hybridized carbons (Fsp3) is 0.167. The second-order valence-corrected chi connectivity index (χ2v) is 5.14. The normalized spacial score (nSPS) is 10.8. The number of aryl methyl sites for hydroxylation is 1. The number of rotatable bonds is 4. The van der Waals surface area contributed by atoms with Crippen LogP contribution >= 0.6 is 11.6 Å². The first-order chi connectivity index (χ1) is 10.3. The van der Waals surface area contributed by atoms with Gasteiger partial charge in [-0.25, -0.2) is 4.98 Å². The van der Waals surface area contributed by atoms with Gasteiger partial charge in [-0.15, -0.1) is 11.6 Å². The van der Waals surface area contributed by atoms with Gasteiger partial charge >= 0.3 is 0 Å². The van der Waals surface area contributed by atoms with E-state index < -0.39 is 0 Å². The maximum Gasteiger partial charge on any atom is 0.220 e. The molecule has 2 aromatic carbocycles. The average Bonchev–Trinajstić information content (AvgIpc) is 2.54. The van der Waals surface area contributed by atoms with Crippen molar-refractivity contribution in [1.29, 1.82) is 0 Å². The van der Waals surface area contributed by atoms with Crippen molar-refractivity contribution in [2.45, 2.75) is 19.2 Å². The number of aromatic nitrogens is 1. The van der Waals surface area contributed by atoms with E-state index in [2.05, 4.69) is 18.0 Å². The molecule has 3 rings (SSSR count). The van der Waals surface area contributed by atoms with Crippen LogP contribution in [0, 0.1) is 0 Å². The van der Waals surface area contributed by atoms with Crippen LogP contribution in [0.25, 0.3) is 10.9 Å². The van der Waals surface area contributed by atoms with Crippen LogP contribution < -0.4 is 4.74 Å². The van der Waals surface area contributed by atoms with E-state index in [4.69, 9.17) is 16.3 Å². The van der Waals surface area contributed by atoms with Crippen molar-refractivity contribution < 1.29 is 4.74 Å². The zero-order valence-corrected chi connectivity index (χ0v) is 12.6. The summed E-state index contributed by atoms with van der Waals surface area (Å²) in [5.41, 5.74) is 3.17. The summed E-state index contributed by atoms with van der Waals surface area (Å²) in [4.78, 5) is 4.55. The molecule has 2 nitrogen and oxygen atoms in total. The minimum atomic E-state index is 0.439. The molecule has 1 heterocycles. The second-order valence-electron chi connectivity index (χ2n) is 4.87. The predicted octanol–water partition coefficient (Wildman–Crippen LogP) is 5.33. The van der Waals surface area contributed by atoms with E-state index in [1.54, 1.807) is 0 Å². The smallest absolute Gasteiger partial charge is 0.220 e. The van der Waals surface area contributed by atoms with Crippen molar-refractivity contribution >= 4 is 22.5 Å². The van der Waals surface area contributed by atoms with Crippen LogP contribution in [0.3, 0.4) is 0 Å². The Hall–Kier alpha value is -2.06. The third-order valence-corrected chi connectivity index (χ3v) is 3.74. The maximum atomic E-state index is 6.05. The molecule has 0 radical (unpaired) electrons. The summed E-state index contributed by atoms with van der Waals surface area (Å²) < 4.78 is 5.90. The number of nitrogens with zero attached hydrogens (tertiary/aromatic N) is 1. The average molecular weight is 298 g/mol. The van der Waals surface area contributed by atoms with Crippen LogP contribution in [0.4, 0.5) is 0 Å². The number of halogens is 1. The van der Waals surface area contributed by atoms with E-state index in [1.807, 2.05) is 48.5 Å². The Labute approximate surface area is 129 Å². The first-order valence-corrected chi connectivity index (χ1v) is 7.55. The third kappa shape index (κ3) is 3.01. The van der Waals surface area contributed by atoms with Gasteiger partial charge in [-0.3, -0.25) is 0 Å². The zero-order valence-electron chi connectivity index (χ0n) is 11.8. The lowest BCUT2D eigenvalue weighted by atomic mass is 10.1. The lowest BCUT2D eigenvalue weighted by Gasteiger charge is -2.09. The molecule has 0 spiro atoms. The van der Waals surface area contributed by atoms with E-state index in [1.165, 1.54) is 5.56 Å². The monoisotopic (exact) mass is 297 g/mol. The van der Waals surface area contributed by atoms with Crippen molar-refractivity contribution in [2.24, 2.45) is 0 Å². The second kappa shape index (κ2) is 6.15. The molecule has 0 aliphatic rings. The highest BCUT2D eigenvalue weighted by molar-refractivity contribution is 6.18. The molecule has 3 aromatic rings. The Kier molecular flexibility index (Phi) is 4.07. The van der Waals surface area contributed by atoms with Crippen LogP contribution in [-0.2, 0) is 12.3 Å². The lowest BCUT2D eigenvalue weighted by molar-refractivity contribution is 0.464. The van der Waals surface area contributed by atoms with Crippen molar-refractivity contribution in [2.75, 3.05) is 0 Å². The Morgan fingerprint density at radius 3 is 2.71 bits per heavy atom. The van der Waals surface area contributed by atoms with Gasteiger partial charge in [-0.1, -0.05) is 37.3 Å². The zero-order chi connectivity index (χ0) is 14.7. The van der Waals surface area contributed by atoms with Crippen LogP contribution in [0.15, 0.2) is 54.6 Å². The Balaban J connectivity index is 2.00. The van der Waals surface area contributed by atoms with Gasteiger partial charge in [0, 0.05) is 17.3 Å². The minimum absolute atomic E-state index is 0.439. The van der Waals surface area contributed by atoms with Crippen molar-refractivity contribution in [3.8, 4) is 11.6 Å². The molecule has 0 atom stereocenters. The molecule has 0 saturated heterocycles. The quantitative estimate of drug-likeness (QED) is 0.607. The highest BCUT2D eigenvalue weighted by atomic mass is 35.5. The number of alkyl halides is 1. The van der Waals surface area contributed by atoms with E-state index >= 15 is 0 Å². The van der Waals surface area contributed by atoms with E-state index in [0.717, 1.165) is 28.6 Å². The fourth-order valence-electron chi connectivity index (χ4n) is 2.33. The highest BCUT2D eigenvalue weighted by Gasteiger charge is 2.07. The fourth-order valence-corrected chi connectivity index (χ4v) is 2.55. The molecule has 0 aliphatic carbocycles. The van der Waals surface area contributed by atoms with Crippen molar-refractivity contribution in [3.05, 3.63) is 65.7 Å². The van der Waals surface area contributed by atoms with Gasteiger partial charge in [0.1, 0.15) is 5.75 Å². The van der Waals surface area contributed by atoms with Crippen LogP contribution in [0.1, 0.15) is 18.1 Å². The molecule has 106 valence electrons. The first-order valence-electron chi connectivity index (χ1n) is 7.01. The molecule has 0 N–H and O–H groups in total. The summed E-state index contributed by atoms with van der Waals surface area (Å²) in [6, 6.07) is 17.9. The van der Waals surface area contributed by atoms with Crippen molar-refractivity contribution in [1.82, 2.24) is 4.98 Å². The summed E-state index contributed by atoms with van der Waals surface area (Å²) in [5, 5.41) is 1.07. The number of fused-ring (bicyclic) bond motifs is 1. The molecule has 0 fully saturated rings.